The Hall–Kier alpha value is -3.57. The third kappa shape index (κ3) is 3.48. The van der Waals surface area contributed by atoms with Crippen molar-refractivity contribution >= 4 is 40.4 Å². The van der Waals surface area contributed by atoms with Gasteiger partial charge in [0, 0.05) is 5.69 Å². The fraction of sp³-hybridized carbons (Fsp3) is 0.0435. The second kappa shape index (κ2) is 7.81. The van der Waals surface area contributed by atoms with Crippen molar-refractivity contribution in [2.75, 3.05) is 17.3 Å². The van der Waals surface area contributed by atoms with Gasteiger partial charge in [0.2, 0.25) is 0 Å². The van der Waals surface area contributed by atoms with Crippen molar-refractivity contribution in [3.05, 3.63) is 95.1 Å². The first kappa shape index (κ1) is 18.8. The van der Waals surface area contributed by atoms with E-state index in [0.29, 0.717) is 33.3 Å². The molecule has 0 aromatic heterocycles. The maximum atomic E-state index is 13.3. The summed E-state index contributed by atoms with van der Waals surface area (Å²) in [5.74, 6) is -0.395. The SMILES string of the molecule is COc1ccc(N2C(=O)C(Nc3ccccc3)=C(c3ccccc3)C2=O)cc1Cl. The number of anilines is 2. The molecule has 1 aliphatic heterocycles. The second-order valence-electron chi connectivity index (χ2n) is 6.37. The molecule has 0 saturated carbocycles. The lowest BCUT2D eigenvalue weighted by atomic mass is 10.0. The average molecular weight is 405 g/mol. The molecule has 5 nitrogen and oxygen atoms in total. The molecule has 3 aromatic rings. The van der Waals surface area contributed by atoms with E-state index in [0.717, 1.165) is 4.90 Å². The maximum Gasteiger partial charge on any atom is 0.282 e. The standard InChI is InChI=1S/C23H17ClN2O3/c1-29-19-13-12-17(14-18(19)24)26-22(27)20(15-8-4-2-5-9-15)21(23(26)28)25-16-10-6-3-7-11-16/h2-14,25H,1H3. The van der Waals surface area contributed by atoms with E-state index in [9.17, 15) is 9.59 Å². The van der Waals surface area contributed by atoms with Crippen molar-refractivity contribution in [2.45, 2.75) is 0 Å². The molecule has 1 aliphatic rings. The Morgan fingerprint density at radius 3 is 2.14 bits per heavy atom. The Balaban J connectivity index is 1.80. The van der Waals surface area contributed by atoms with Crippen LogP contribution in [0.1, 0.15) is 5.56 Å². The minimum absolute atomic E-state index is 0.222. The molecule has 144 valence electrons. The van der Waals surface area contributed by atoms with Gasteiger partial charge in [-0.15, -0.1) is 0 Å². The summed E-state index contributed by atoms with van der Waals surface area (Å²) in [5, 5.41) is 3.43. The predicted octanol–water partition coefficient (Wildman–Crippen LogP) is 4.75. The number of nitrogens with zero attached hydrogens (tertiary/aromatic N) is 1. The first-order valence-corrected chi connectivity index (χ1v) is 9.32. The van der Waals surface area contributed by atoms with Gasteiger partial charge in [0.15, 0.2) is 0 Å². The van der Waals surface area contributed by atoms with Crippen molar-refractivity contribution < 1.29 is 14.3 Å². The number of benzene rings is 3. The summed E-state index contributed by atoms with van der Waals surface area (Å²) < 4.78 is 5.16. The number of hydrogen-bond donors (Lipinski definition) is 1. The van der Waals surface area contributed by atoms with Crippen molar-refractivity contribution in [3.63, 3.8) is 0 Å². The number of hydrogen-bond acceptors (Lipinski definition) is 4. The van der Waals surface area contributed by atoms with Gasteiger partial charge in [-0.3, -0.25) is 9.59 Å². The van der Waals surface area contributed by atoms with Gasteiger partial charge in [-0.2, -0.15) is 0 Å². The molecule has 29 heavy (non-hydrogen) atoms. The zero-order valence-corrected chi connectivity index (χ0v) is 16.3. The summed E-state index contributed by atoms with van der Waals surface area (Å²) in [4.78, 5) is 27.7. The van der Waals surface area contributed by atoms with Crippen LogP contribution in [0.15, 0.2) is 84.6 Å². The third-order valence-corrected chi connectivity index (χ3v) is 4.88. The van der Waals surface area contributed by atoms with Crippen molar-refractivity contribution in [1.29, 1.82) is 0 Å². The number of carbonyl (C=O) groups is 2. The lowest BCUT2D eigenvalue weighted by Crippen LogP contribution is -2.32. The highest BCUT2D eigenvalue weighted by Crippen LogP contribution is 2.36. The molecule has 1 N–H and O–H groups in total. The minimum atomic E-state index is -0.445. The third-order valence-electron chi connectivity index (χ3n) is 4.58. The summed E-state index contributed by atoms with van der Waals surface area (Å²) in [7, 11) is 1.50. The van der Waals surface area contributed by atoms with Crippen LogP contribution in [0.2, 0.25) is 5.02 Å². The summed E-state index contributed by atoms with van der Waals surface area (Å²) in [6.07, 6.45) is 0. The van der Waals surface area contributed by atoms with E-state index < -0.39 is 11.8 Å². The lowest BCUT2D eigenvalue weighted by molar-refractivity contribution is -0.120. The number of carbonyl (C=O) groups excluding carboxylic acids is 2. The van der Waals surface area contributed by atoms with Crippen LogP contribution in [-0.4, -0.2) is 18.9 Å². The summed E-state index contributed by atoms with van der Waals surface area (Å²) in [6.45, 7) is 0. The zero-order chi connectivity index (χ0) is 20.4. The molecule has 3 aromatic carbocycles. The van der Waals surface area contributed by atoms with Crippen molar-refractivity contribution in [2.24, 2.45) is 0 Å². The van der Waals surface area contributed by atoms with E-state index in [-0.39, 0.29) is 5.70 Å². The van der Waals surface area contributed by atoms with E-state index >= 15 is 0 Å². The van der Waals surface area contributed by atoms with Crippen molar-refractivity contribution in [3.8, 4) is 5.75 Å². The van der Waals surface area contributed by atoms with Crippen LogP contribution in [0.25, 0.3) is 5.57 Å². The van der Waals surface area contributed by atoms with Crippen LogP contribution in [0.3, 0.4) is 0 Å². The molecule has 4 rings (SSSR count). The number of imide groups is 1. The number of methoxy groups -OCH3 is 1. The van der Waals surface area contributed by atoms with Crippen LogP contribution in [-0.2, 0) is 9.59 Å². The molecule has 0 bridgehead atoms. The largest absolute Gasteiger partial charge is 0.495 e. The molecular formula is C23H17ClN2O3. The molecule has 0 unspecified atom stereocenters. The zero-order valence-electron chi connectivity index (χ0n) is 15.6. The Kier molecular flexibility index (Phi) is 5.06. The fourth-order valence-electron chi connectivity index (χ4n) is 3.21. The Morgan fingerprint density at radius 2 is 1.52 bits per heavy atom. The molecule has 0 spiro atoms. The number of halogens is 1. The second-order valence-corrected chi connectivity index (χ2v) is 6.78. The normalized spacial score (nSPS) is 13.8. The highest BCUT2D eigenvalue weighted by molar-refractivity contribution is 6.46. The smallest absolute Gasteiger partial charge is 0.282 e. The number of nitrogens with one attached hydrogen (secondary N) is 1. The Labute approximate surface area is 173 Å². The molecule has 0 aliphatic carbocycles. The van der Waals surface area contributed by atoms with Crippen LogP contribution in [0, 0.1) is 0 Å². The van der Waals surface area contributed by atoms with Crippen molar-refractivity contribution in [1.82, 2.24) is 0 Å². The quantitative estimate of drug-likeness (QED) is 0.624. The molecule has 0 atom stereocenters. The van der Waals surface area contributed by atoms with Gasteiger partial charge in [-0.25, -0.2) is 4.90 Å². The molecule has 2 amide bonds. The number of para-hydroxylation sites is 1. The van der Waals surface area contributed by atoms with Gasteiger partial charge in [0.25, 0.3) is 11.8 Å². The topological polar surface area (TPSA) is 58.6 Å². The molecular weight excluding hydrogens is 388 g/mol. The van der Waals surface area contributed by atoms with E-state index in [4.69, 9.17) is 16.3 Å². The van der Waals surface area contributed by atoms with Crippen LogP contribution in [0.5, 0.6) is 5.75 Å². The van der Waals surface area contributed by atoms with E-state index in [1.165, 1.54) is 7.11 Å². The summed E-state index contributed by atoms with van der Waals surface area (Å²) in [5.41, 5.74) is 2.29. The molecule has 0 radical (unpaired) electrons. The molecule has 6 heteroatoms. The highest BCUT2D eigenvalue weighted by Gasteiger charge is 2.40. The fourth-order valence-corrected chi connectivity index (χ4v) is 3.46. The predicted molar refractivity (Wildman–Crippen MR) is 114 cm³/mol. The summed E-state index contributed by atoms with van der Waals surface area (Å²) in [6, 6.07) is 23.2. The van der Waals surface area contributed by atoms with Gasteiger partial charge in [0.05, 0.1) is 23.4 Å². The van der Waals surface area contributed by atoms with Gasteiger partial charge in [0.1, 0.15) is 11.4 Å². The molecule has 0 fully saturated rings. The first-order valence-electron chi connectivity index (χ1n) is 8.94. The molecule has 0 saturated heterocycles. The van der Waals surface area contributed by atoms with E-state index in [2.05, 4.69) is 5.32 Å². The van der Waals surface area contributed by atoms with Gasteiger partial charge in [-0.05, 0) is 35.9 Å². The van der Waals surface area contributed by atoms with Crippen LogP contribution in [0.4, 0.5) is 11.4 Å². The van der Waals surface area contributed by atoms with E-state index in [1.54, 1.807) is 30.3 Å². The van der Waals surface area contributed by atoms with Gasteiger partial charge < -0.3 is 10.1 Å². The Morgan fingerprint density at radius 1 is 0.862 bits per heavy atom. The van der Waals surface area contributed by atoms with Crippen LogP contribution >= 0.6 is 11.6 Å². The minimum Gasteiger partial charge on any atom is -0.495 e. The lowest BCUT2D eigenvalue weighted by Gasteiger charge is -2.16. The van der Waals surface area contributed by atoms with Gasteiger partial charge >= 0.3 is 0 Å². The Bertz CT molecular complexity index is 1110. The monoisotopic (exact) mass is 404 g/mol. The maximum absolute atomic E-state index is 13.3. The average Bonchev–Trinajstić information content (AvgIpc) is 2.99. The number of ether oxygens (including phenoxy) is 1. The first-order chi connectivity index (χ1) is 14.1. The summed E-state index contributed by atoms with van der Waals surface area (Å²) >= 11 is 6.22. The van der Waals surface area contributed by atoms with E-state index in [1.807, 2.05) is 48.5 Å². The highest BCUT2D eigenvalue weighted by atomic mass is 35.5. The van der Waals surface area contributed by atoms with Gasteiger partial charge in [-0.1, -0.05) is 60.1 Å². The number of rotatable bonds is 5. The van der Waals surface area contributed by atoms with Crippen LogP contribution < -0.4 is 15.0 Å². The number of amides is 2. The molecule has 1 heterocycles.